The molecule has 0 spiro atoms. The molecule has 1 aromatic rings. The summed E-state index contributed by atoms with van der Waals surface area (Å²) in [5, 5.41) is 2.67. The Morgan fingerprint density at radius 2 is 1.86 bits per heavy atom. The van der Waals surface area contributed by atoms with Gasteiger partial charge < -0.3 is 5.32 Å². The molecule has 0 aliphatic carbocycles. The normalized spacial score (nSPS) is 11.4. The van der Waals surface area contributed by atoms with E-state index < -0.39 is 11.7 Å². The molecule has 14 heavy (non-hydrogen) atoms. The zero-order valence-electron chi connectivity index (χ0n) is 7.30. The van der Waals surface area contributed by atoms with E-state index in [1.54, 1.807) is 6.07 Å². The Balaban J connectivity index is 2.92. The maximum absolute atomic E-state index is 12.4. The third-order valence-electron chi connectivity index (χ3n) is 1.66. The molecule has 1 nitrogen and oxygen atoms in total. The predicted molar refractivity (Wildman–Crippen MR) is 53.8 cm³/mol. The number of anilines is 1. The molecule has 0 aliphatic heterocycles. The van der Waals surface area contributed by atoms with Crippen LogP contribution in [-0.4, -0.2) is 12.3 Å². The highest BCUT2D eigenvalue weighted by molar-refractivity contribution is 7.80. The molecule has 0 saturated heterocycles. The minimum absolute atomic E-state index is 0.106. The van der Waals surface area contributed by atoms with Gasteiger partial charge >= 0.3 is 6.18 Å². The van der Waals surface area contributed by atoms with E-state index in [0.29, 0.717) is 12.3 Å². The predicted octanol–water partition coefficient (Wildman–Crippen LogP) is 3.05. The fourth-order valence-corrected chi connectivity index (χ4v) is 1.19. The van der Waals surface area contributed by atoms with Gasteiger partial charge in [-0.3, -0.25) is 0 Å². The lowest BCUT2D eigenvalue weighted by molar-refractivity contribution is -0.136. The van der Waals surface area contributed by atoms with E-state index in [0.717, 1.165) is 6.07 Å². The van der Waals surface area contributed by atoms with Crippen LogP contribution in [0.2, 0.25) is 0 Å². The van der Waals surface area contributed by atoms with Gasteiger partial charge in [0.05, 0.1) is 5.56 Å². The highest BCUT2D eigenvalue weighted by Crippen LogP contribution is 2.34. The van der Waals surface area contributed by atoms with Crippen LogP contribution in [0.3, 0.4) is 0 Å². The highest BCUT2D eigenvalue weighted by Gasteiger charge is 2.32. The van der Waals surface area contributed by atoms with Gasteiger partial charge in [0, 0.05) is 18.0 Å². The summed E-state index contributed by atoms with van der Waals surface area (Å²) in [5.41, 5.74) is -0.532. The van der Waals surface area contributed by atoms with Gasteiger partial charge in [-0.05, 0) is 12.1 Å². The second kappa shape index (κ2) is 4.59. The molecule has 0 amide bonds. The van der Waals surface area contributed by atoms with Crippen LogP contribution in [-0.2, 0) is 6.18 Å². The number of halogens is 3. The summed E-state index contributed by atoms with van der Waals surface area (Å²) >= 11 is 3.91. The third kappa shape index (κ3) is 2.83. The van der Waals surface area contributed by atoms with Crippen molar-refractivity contribution >= 4 is 18.3 Å². The molecule has 5 heteroatoms. The third-order valence-corrected chi connectivity index (χ3v) is 1.88. The van der Waals surface area contributed by atoms with Crippen LogP contribution in [0.5, 0.6) is 0 Å². The van der Waals surface area contributed by atoms with Crippen LogP contribution in [0.1, 0.15) is 5.56 Å². The highest BCUT2D eigenvalue weighted by atomic mass is 32.1. The number of benzene rings is 1. The lowest BCUT2D eigenvalue weighted by Crippen LogP contribution is -2.11. The van der Waals surface area contributed by atoms with E-state index in [1.807, 2.05) is 0 Å². The summed E-state index contributed by atoms with van der Waals surface area (Å²) in [7, 11) is 0. The van der Waals surface area contributed by atoms with Gasteiger partial charge in [0.2, 0.25) is 0 Å². The smallest absolute Gasteiger partial charge is 0.384 e. The fraction of sp³-hybridized carbons (Fsp3) is 0.333. The lowest BCUT2D eigenvalue weighted by Gasteiger charge is -2.13. The van der Waals surface area contributed by atoms with Gasteiger partial charge in [0.1, 0.15) is 0 Å². The Hall–Kier alpha value is -0.840. The van der Waals surface area contributed by atoms with Gasteiger partial charge in [0.25, 0.3) is 0 Å². The summed E-state index contributed by atoms with van der Waals surface area (Å²) < 4.78 is 37.2. The Morgan fingerprint density at radius 3 is 2.43 bits per heavy atom. The van der Waals surface area contributed by atoms with E-state index >= 15 is 0 Å². The van der Waals surface area contributed by atoms with Crippen molar-refractivity contribution in [2.75, 3.05) is 17.6 Å². The second-order valence-corrected chi connectivity index (χ2v) is 3.14. The molecule has 0 aliphatic rings. The number of thiol groups is 1. The second-order valence-electron chi connectivity index (χ2n) is 2.69. The topological polar surface area (TPSA) is 12.0 Å². The summed E-state index contributed by atoms with van der Waals surface area (Å²) in [6, 6.07) is 5.40. The summed E-state index contributed by atoms with van der Waals surface area (Å²) in [6.45, 7) is 0.413. The van der Waals surface area contributed by atoms with Gasteiger partial charge in [0.15, 0.2) is 0 Å². The standard InChI is InChI=1S/C9H10F3NS/c10-9(11,12)7-3-1-2-4-8(7)13-5-6-14/h1-4,13-14H,5-6H2. The first-order valence-corrected chi connectivity index (χ1v) is 4.70. The Bertz CT molecular complexity index is 298. The summed E-state index contributed by atoms with van der Waals surface area (Å²) in [4.78, 5) is 0. The first-order valence-electron chi connectivity index (χ1n) is 4.06. The zero-order valence-corrected chi connectivity index (χ0v) is 8.20. The zero-order chi connectivity index (χ0) is 10.6. The number of nitrogens with one attached hydrogen (secondary N) is 1. The average Bonchev–Trinajstić information content (AvgIpc) is 2.14. The van der Waals surface area contributed by atoms with Gasteiger partial charge in [-0.1, -0.05) is 12.1 Å². The molecule has 0 atom stereocenters. The van der Waals surface area contributed by atoms with Crippen LogP contribution in [0.4, 0.5) is 18.9 Å². The fourth-order valence-electron chi connectivity index (χ4n) is 1.08. The van der Waals surface area contributed by atoms with Crippen molar-refractivity contribution in [3.63, 3.8) is 0 Å². The number of hydrogen-bond donors (Lipinski definition) is 2. The van der Waals surface area contributed by atoms with E-state index in [2.05, 4.69) is 17.9 Å². The lowest BCUT2D eigenvalue weighted by atomic mass is 10.1. The van der Waals surface area contributed by atoms with Gasteiger partial charge in [-0.25, -0.2) is 0 Å². The largest absolute Gasteiger partial charge is 0.418 e. The maximum Gasteiger partial charge on any atom is 0.418 e. The van der Waals surface area contributed by atoms with E-state index in [1.165, 1.54) is 12.1 Å². The monoisotopic (exact) mass is 221 g/mol. The molecular weight excluding hydrogens is 211 g/mol. The van der Waals surface area contributed by atoms with E-state index in [9.17, 15) is 13.2 Å². The van der Waals surface area contributed by atoms with E-state index in [-0.39, 0.29) is 5.69 Å². The maximum atomic E-state index is 12.4. The Morgan fingerprint density at radius 1 is 1.21 bits per heavy atom. The van der Waals surface area contributed by atoms with Crippen molar-refractivity contribution < 1.29 is 13.2 Å². The molecule has 0 aromatic heterocycles. The van der Waals surface area contributed by atoms with Crippen molar-refractivity contribution in [1.29, 1.82) is 0 Å². The van der Waals surface area contributed by atoms with E-state index in [4.69, 9.17) is 0 Å². The van der Waals surface area contributed by atoms with Crippen LogP contribution < -0.4 is 5.32 Å². The molecule has 0 bridgehead atoms. The summed E-state index contributed by atoms with van der Waals surface area (Å²) in [6.07, 6.45) is -4.31. The molecule has 0 saturated carbocycles. The molecule has 0 unspecified atom stereocenters. The molecule has 0 fully saturated rings. The molecule has 1 N–H and O–H groups in total. The minimum atomic E-state index is -4.31. The van der Waals surface area contributed by atoms with Crippen molar-refractivity contribution in [1.82, 2.24) is 0 Å². The van der Waals surface area contributed by atoms with Crippen LogP contribution in [0, 0.1) is 0 Å². The number of hydrogen-bond acceptors (Lipinski definition) is 2. The number of para-hydroxylation sites is 1. The number of rotatable bonds is 3. The number of alkyl halides is 3. The first-order chi connectivity index (χ1) is 6.55. The molecule has 78 valence electrons. The minimum Gasteiger partial charge on any atom is -0.384 e. The molecule has 1 aromatic carbocycles. The molecule has 1 rings (SSSR count). The van der Waals surface area contributed by atoms with Gasteiger partial charge in [-0.15, -0.1) is 0 Å². The SMILES string of the molecule is FC(F)(F)c1ccccc1NCCS. The van der Waals surface area contributed by atoms with Crippen molar-refractivity contribution in [3.8, 4) is 0 Å². The van der Waals surface area contributed by atoms with Crippen LogP contribution >= 0.6 is 12.6 Å². The average molecular weight is 221 g/mol. The van der Waals surface area contributed by atoms with Crippen molar-refractivity contribution in [2.45, 2.75) is 6.18 Å². The Kier molecular flexibility index (Phi) is 3.69. The first kappa shape index (κ1) is 11.2. The van der Waals surface area contributed by atoms with Crippen molar-refractivity contribution in [3.05, 3.63) is 29.8 Å². The molecular formula is C9H10F3NS. The Labute approximate surface area is 85.7 Å². The quantitative estimate of drug-likeness (QED) is 0.747. The van der Waals surface area contributed by atoms with Gasteiger partial charge in [-0.2, -0.15) is 25.8 Å². The molecule has 0 radical (unpaired) electrons. The van der Waals surface area contributed by atoms with Crippen LogP contribution in [0.15, 0.2) is 24.3 Å². The van der Waals surface area contributed by atoms with Crippen LogP contribution in [0.25, 0.3) is 0 Å². The summed E-state index contributed by atoms with van der Waals surface area (Å²) in [5.74, 6) is 0.492. The van der Waals surface area contributed by atoms with Crippen molar-refractivity contribution in [2.24, 2.45) is 0 Å². The molecule has 0 heterocycles.